The molecular weight excluding hydrogens is 198 g/mol. The van der Waals surface area contributed by atoms with Gasteiger partial charge in [0.1, 0.15) is 0 Å². The van der Waals surface area contributed by atoms with Crippen LogP contribution in [0.4, 0.5) is 0 Å². The molecule has 1 atom stereocenters. The highest BCUT2D eigenvalue weighted by Gasteiger charge is 2.07. The van der Waals surface area contributed by atoms with Crippen molar-refractivity contribution in [2.24, 2.45) is 5.73 Å². The molecule has 1 aromatic carbocycles. The van der Waals surface area contributed by atoms with Crippen LogP contribution in [-0.2, 0) is 12.8 Å². The molecule has 2 rings (SSSR count). The van der Waals surface area contributed by atoms with E-state index in [0.717, 1.165) is 18.4 Å². The Balaban J connectivity index is 2.03. The molecule has 1 unspecified atom stereocenters. The van der Waals surface area contributed by atoms with Gasteiger partial charge in [0.2, 0.25) is 0 Å². The zero-order chi connectivity index (χ0) is 11.4. The fourth-order valence-corrected chi connectivity index (χ4v) is 1.77. The van der Waals surface area contributed by atoms with Gasteiger partial charge in [-0.3, -0.25) is 0 Å². The Kier molecular flexibility index (Phi) is 3.42. The van der Waals surface area contributed by atoms with E-state index in [4.69, 9.17) is 10.2 Å². The summed E-state index contributed by atoms with van der Waals surface area (Å²) >= 11 is 0. The lowest BCUT2D eigenvalue weighted by atomic mass is 10.0. The summed E-state index contributed by atoms with van der Waals surface area (Å²) in [5.74, 6) is 0. The van der Waals surface area contributed by atoms with Gasteiger partial charge >= 0.3 is 0 Å². The van der Waals surface area contributed by atoms with E-state index in [1.807, 2.05) is 6.07 Å². The molecule has 0 aliphatic heterocycles. The number of rotatable bonds is 4. The first kappa shape index (κ1) is 11.0. The summed E-state index contributed by atoms with van der Waals surface area (Å²) < 4.78 is 5.03. The maximum absolute atomic E-state index is 6.08. The van der Waals surface area contributed by atoms with E-state index in [0.29, 0.717) is 0 Å². The molecule has 2 heteroatoms. The zero-order valence-electron chi connectivity index (χ0n) is 9.52. The van der Waals surface area contributed by atoms with E-state index in [1.165, 1.54) is 11.1 Å². The van der Waals surface area contributed by atoms with Gasteiger partial charge in [-0.1, -0.05) is 31.2 Å². The van der Waals surface area contributed by atoms with Crippen molar-refractivity contribution in [3.8, 4) is 0 Å². The molecule has 0 amide bonds. The first-order valence-corrected chi connectivity index (χ1v) is 5.65. The molecule has 1 heterocycles. The van der Waals surface area contributed by atoms with E-state index in [-0.39, 0.29) is 6.04 Å². The van der Waals surface area contributed by atoms with Crippen molar-refractivity contribution in [2.45, 2.75) is 25.8 Å². The molecule has 2 aromatic rings. The predicted molar refractivity (Wildman–Crippen MR) is 65.2 cm³/mol. The summed E-state index contributed by atoms with van der Waals surface area (Å²) in [6.07, 6.45) is 5.30. The average molecular weight is 215 g/mol. The van der Waals surface area contributed by atoms with Gasteiger partial charge in [0.05, 0.1) is 12.5 Å². The van der Waals surface area contributed by atoms with Gasteiger partial charge in [0.15, 0.2) is 0 Å². The van der Waals surface area contributed by atoms with Gasteiger partial charge in [-0.25, -0.2) is 0 Å². The second kappa shape index (κ2) is 4.99. The molecule has 0 aliphatic rings. The Bertz CT molecular complexity index is 417. The van der Waals surface area contributed by atoms with Crippen molar-refractivity contribution in [1.29, 1.82) is 0 Å². The van der Waals surface area contributed by atoms with Crippen LogP contribution in [0.15, 0.2) is 47.3 Å². The molecule has 0 saturated carbocycles. The summed E-state index contributed by atoms with van der Waals surface area (Å²) in [4.78, 5) is 0. The lowest BCUT2D eigenvalue weighted by Gasteiger charge is -2.09. The number of aryl methyl sites for hydroxylation is 1. The van der Waals surface area contributed by atoms with E-state index < -0.39 is 0 Å². The summed E-state index contributed by atoms with van der Waals surface area (Å²) in [5, 5.41) is 0. The number of furan rings is 1. The van der Waals surface area contributed by atoms with Gasteiger partial charge in [-0.15, -0.1) is 0 Å². The third-order valence-corrected chi connectivity index (χ3v) is 2.86. The van der Waals surface area contributed by atoms with Crippen molar-refractivity contribution >= 4 is 0 Å². The maximum Gasteiger partial charge on any atom is 0.0950 e. The van der Waals surface area contributed by atoms with Crippen LogP contribution in [0, 0.1) is 0 Å². The minimum absolute atomic E-state index is 0.0197. The standard InChI is InChI=1S/C14H17NO/c1-2-11-3-5-12(6-4-11)9-14(15)13-7-8-16-10-13/h3-8,10,14H,2,9,15H2,1H3. The Hall–Kier alpha value is -1.54. The van der Waals surface area contributed by atoms with E-state index in [2.05, 4.69) is 31.2 Å². The van der Waals surface area contributed by atoms with Crippen molar-refractivity contribution in [3.63, 3.8) is 0 Å². The highest BCUT2D eigenvalue weighted by molar-refractivity contribution is 5.25. The van der Waals surface area contributed by atoms with Gasteiger partial charge in [-0.2, -0.15) is 0 Å². The summed E-state index contributed by atoms with van der Waals surface area (Å²) in [6.45, 7) is 2.16. The highest BCUT2D eigenvalue weighted by Crippen LogP contribution is 2.16. The van der Waals surface area contributed by atoms with E-state index in [9.17, 15) is 0 Å². The SMILES string of the molecule is CCc1ccc(CC(N)c2ccoc2)cc1. The Morgan fingerprint density at radius 3 is 2.38 bits per heavy atom. The maximum atomic E-state index is 6.08. The molecule has 0 radical (unpaired) electrons. The van der Waals surface area contributed by atoms with Crippen molar-refractivity contribution in [2.75, 3.05) is 0 Å². The minimum atomic E-state index is 0.0197. The fourth-order valence-electron chi connectivity index (χ4n) is 1.77. The number of benzene rings is 1. The molecule has 16 heavy (non-hydrogen) atoms. The van der Waals surface area contributed by atoms with Gasteiger partial charge in [0.25, 0.3) is 0 Å². The molecule has 2 nitrogen and oxygen atoms in total. The first-order valence-electron chi connectivity index (χ1n) is 5.65. The Morgan fingerprint density at radius 1 is 1.12 bits per heavy atom. The van der Waals surface area contributed by atoms with Crippen molar-refractivity contribution < 1.29 is 4.42 Å². The lowest BCUT2D eigenvalue weighted by molar-refractivity contribution is 0.558. The van der Waals surface area contributed by atoms with Gasteiger partial charge in [0, 0.05) is 11.6 Å². The number of hydrogen-bond acceptors (Lipinski definition) is 2. The molecule has 0 fully saturated rings. The van der Waals surface area contributed by atoms with Crippen molar-refractivity contribution in [1.82, 2.24) is 0 Å². The predicted octanol–water partition coefficient (Wildman–Crippen LogP) is 3.08. The van der Waals surface area contributed by atoms with E-state index in [1.54, 1.807) is 12.5 Å². The smallest absolute Gasteiger partial charge is 0.0950 e. The van der Waals surface area contributed by atoms with Crippen LogP contribution < -0.4 is 5.73 Å². The van der Waals surface area contributed by atoms with Gasteiger partial charge < -0.3 is 10.2 Å². The van der Waals surface area contributed by atoms with E-state index >= 15 is 0 Å². The number of hydrogen-bond donors (Lipinski definition) is 1. The normalized spacial score (nSPS) is 12.6. The van der Waals surface area contributed by atoms with Crippen LogP contribution in [0.5, 0.6) is 0 Å². The third-order valence-electron chi connectivity index (χ3n) is 2.86. The second-order valence-corrected chi connectivity index (χ2v) is 4.04. The molecule has 0 saturated heterocycles. The van der Waals surface area contributed by atoms with Crippen LogP contribution in [0.2, 0.25) is 0 Å². The monoisotopic (exact) mass is 215 g/mol. The molecule has 0 aliphatic carbocycles. The van der Waals surface area contributed by atoms with Crippen LogP contribution in [0.25, 0.3) is 0 Å². The second-order valence-electron chi connectivity index (χ2n) is 4.04. The quantitative estimate of drug-likeness (QED) is 0.851. The summed E-state index contributed by atoms with van der Waals surface area (Å²) in [6, 6.07) is 10.6. The average Bonchev–Trinajstić information content (AvgIpc) is 2.83. The molecule has 0 bridgehead atoms. The first-order chi connectivity index (χ1) is 7.79. The Labute approximate surface area is 96.1 Å². The van der Waals surface area contributed by atoms with Gasteiger partial charge in [-0.05, 0) is 30.0 Å². The van der Waals surface area contributed by atoms with Crippen molar-refractivity contribution in [3.05, 3.63) is 59.5 Å². The zero-order valence-corrected chi connectivity index (χ0v) is 9.52. The van der Waals surface area contributed by atoms with Crippen LogP contribution in [-0.4, -0.2) is 0 Å². The lowest BCUT2D eigenvalue weighted by Crippen LogP contribution is -2.12. The molecule has 0 spiro atoms. The molecular formula is C14H17NO. The number of nitrogens with two attached hydrogens (primary N) is 1. The summed E-state index contributed by atoms with van der Waals surface area (Å²) in [7, 11) is 0. The van der Waals surface area contributed by atoms with Crippen LogP contribution in [0.3, 0.4) is 0 Å². The molecule has 1 aromatic heterocycles. The van der Waals surface area contributed by atoms with Crippen LogP contribution in [0.1, 0.15) is 29.7 Å². The fraction of sp³-hybridized carbons (Fsp3) is 0.286. The molecule has 2 N–H and O–H groups in total. The third kappa shape index (κ3) is 2.52. The van der Waals surface area contributed by atoms with Crippen LogP contribution >= 0.6 is 0 Å². The minimum Gasteiger partial charge on any atom is -0.472 e. The molecule has 84 valence electrons. The highest BCUT2D eigenvalue weighted by atomic mass is 16.3. The topological polar surface area (TPSA) is 39.2 Å². The summed E-state index contributed by atoms with van der Waals surface area (Å²) in [5.41, 5.74) is 9.77. The Morgan fingerprint density at radius 2 is 1.81 bits per heavy atom. The largest absolute Gasteiger partial charge is 0.472 e.